The average molecular weight is 434 g/mol. The lowest BCUT2D eigenvalue weighted by Crippen LogP contribution is -2.29. The number of nitrogens with zero attached hydrogens (tertiary/aromatic N) is 1. The largest absolute Gasteiger partial charge is 0.501 e. The number of benzene rings is 2. The Morgan fingerprint density at radius 3 is 2.32 bits per heavy atom. The molecule has 4 nitrogen and oxygen atoms in total. The highest BCUT2D eigenvalue weighted by molar-refractivity contribution is 9.10. The minimum atomic E-state index is -5.42. The van der Waals surface area contributed by atoms with Crippen LogP contribution in [0.5, 0.6) is 0 Å². The number of rotatable bonds is 2. The predicted octanol–water partition coefficient (Wildman–Crippen LogP) is 3.95. The molecule has 25 heavy (non-hydrogen) atoms. The van der Waals surface area contributed by atoms with Crippen LogP contribution in [-0.4, -0.2) is 26.4 Å². The van der Waals surface area contributed by atoms with Crippen LogP contribution in [0.25, 0.3) is 0 Å². The number of fused-ring (bicyclic) bond motifs is 1. The summed E-state index contributed by atoms with van der Waals surface area (Å²) < 4.78 is 61.3. The van der Waals surface area contributed by atoms with Gasteiger partial charge in [0.1, 0.15) is 0 Å². The van der Waals surface area contributed by atoms with Crippen LogP contribution < -0.4 is 4.90 Å². The minimum absolute atomic E-state index is 0.122. The van der Waals surface area contributed by atoms with Crippen molar-refractivity contribution in [2.24, 2.45) is 0 Å². The van der Waals surface area contributed by atoms with Crippen LogP contribution in [0.4, 0.5) is 18.9 Å². The quantitative estimate of drug-likeness (QED) is 0.720. The van der Waals surface area contributed by atoms with Gasteiger partial charge in [0, 0.05) is 22.3 Å². The van der Waals surface area contributed by atoms with E-state index in [4.69, 9.17) is 0 Å². The number of alkyl halides is 3. The normalized spacial score (nSPS) is 14.5. The minimum Gasteiger partial charge on any atom is -0.308 e. The van der Waals surface area contributed by atoms with E-state index in [0.717, 1.165) is 40.0 Å². The topological polar surface area (TPSA) is 54.5 Å². The van der Waals surface area contributed by atoms with Gasteiger partial charge in [0.15, 0.2) is 0 Å². The Labute approximate surface area is 150 Å². The molecule has 3 rings (SSSR count). The van der Waals surface area contributed by atoms with Crippen LogP contribution in [-0.2, 0) is 16.3 Å². The summed E-state index contributed by atoms with van der Waals surface area (Å²) in [6.45, 7) is 0.452. The summed E-state index contributed by atoms with van der Waals surface area (Å²) >= 11 is 3.36. The molecule has 0 fully saturated rings. The standard InChI is InChI=1S/C16H11BrF3NO3S/c17-12-3-6-14-11(9-12)7-8-21(14)15(22)10-1-4-13(5-2-10)25(23,24)16(18,19)20/h1-6,9H,7-8H2. The van der Waals surface area contributed by atoms with E-state index in [-0.39, 0.29) is 5.56 Å². The number of hydrogen-bond acceptors (Lipinski definition) is 3. The SMILES string of the molecule is O=C(c1ccc(S(=O)(=O)C(F)(F)F)cc1)N1CCc2cc(Br)ccc21. The van der Waals surface area contributed by atoms with Crippen molar-refractivity contribution in [3.63, 3.8) is 0 Å². The van der Waals surface area contributed by atoms with Crippen LogP contribution in [0.1, 0.15) is 15.9 Å². The van der Waals surface area contributed by atoms with E-state index in [9.17, 15) is 26.4 Å². The highest BCUT2D eigenvalue weighted by atomic mass is 79.9. The van der Waals surface area contributed by atoms with E-state index in [1.807, 2.05) is 6.07 Å². The van der Waals surface area contributed by atoms with Gasteiger partial charge in [0.2, 0.25) is 0 Å². The molecule has 1 amide bonds. The molecule has 1 aliphatic heterocycles. The van der Waals surface area contributed by atoms with E-state index in [2.05, 4.69) is 15.9 Å². The summed E-state index contributed by atoms with van der Waals surface area (Å²) in [4.78, 5) is 13.2. The predicted molar refractivity (Wildman–Crippen MR) is 89.2 cm³/mol. The molecule has 1 aliphatic rings. The zero-order valence-electron chi connectivity index (χ0n) is 12.5. The average Bonchev–Trinajstić information content (AvgIpc) is 2.96. The van der Waals surface area contributed by atoms with Crippen molar-refractivity contribution in [2.75, 3.05) is 11.4 Å². The van der Waals surface area contributed by atoms with Gasteiger partial charge in [-0.1, -0.05) is 15.9 Å². The number of carbonyl (C=O) groups is 1. The van der Waals surface area contributed by atoms with Crippen molar-refractivity contribution in [3.8, 4) is 0 Å². The second-order valence-electron chi connectivity index (χ2n) is 5.45. The Kier molecular flexibility index (Phi) is 4.40. The Morgan fingerprint density at radius 2 is 1.72 bits per heavy atom. The third-order valence-electron chi connectivity index (χ3n) is 3.90. The summed E-state index contributed by atoms with van der Waals surface area (Å²) in [6.07, 6.45) is 0.668. The highest BCUT2D eigenvalue weighted by Gasteiger charge is 2.46. The third kappa shape index (κ3) is 3.18. The molecule has 0 spiro atoms. The van der Waals surface area contributed by atoms with Crippen molar-refractivity contribution in [3.05, 3.63) is 58.1 Å². The van der Waals surface area contributed by atoms with Gasteiger partial charge < -0.3 is 4.90 Å². The number of hydrogen-bond donors (Lipinski definition) is 0. The van der Waals surface area contributed by atoms with Gasteiger partial charge in [-0.05, 0) is 54.4 Å². The zero-order valence-corrected chi connectivity index (χ0v) is 15.0. The van der Waals surface area contributed by atoms with E-state index in [1.54, 1.807) is 12.1 Å². The number of sulfone groups is 1. The van der Waals surface area contributed by atoms with Crippen molar-refractivity contribution in [1.82, 2.24) is 0 Å². The molecule has 0 unspecified atom stereocenters. The van der Waals surface area contributed by atoms with Crippen molar-refractivity contribution >= 4 is 37.4 Å². The van der Waals surface area contributed by atoms with Crippen molar-refractivity contribution < 1.29 is 26.4 Å². The lowest BCUT2D eigenvalue weighted by molar-refractivity contribution is -0.0436. The van der Waals surface area contributed by atoms with Gasteiger partial charge in [-0.25, -0.2) is 8.42 Å². The first-order valence-corrected chi connectivity index (χ1v) is 9.40. The fourth-order valence-corrected chi connectivity index (χ4v) is 3.82. The van der Waals surface area contributed by atoms with Gasteiger partial charge >= 0.3 is 5.51 Å². The van der Waals surface area contributed by atoms with Crippen LogP contribution >= 0.6 is 15.9 Å². The molecule has 0 saturated carbocycles. The smallest absolute Gasteiger partial charge is 0.308 e. The molecule has 1 heterocycles. The van der Waals surface area contributed by atoms with Gasteiger partial charge in [0.25, 0.3) is 15.7 Å². The molecule has 0 radical (unpaired) electrons. The van der Waals surface area contributed by atoms with Crippen molar-refractivity contribution in [1.29, 1.82) is 0 Å². The highest BCUT2D eigenvalue weighted by Crippen LogP contribution is 2.33. The lowest BCUT2D eigenvalue weighted by Gasteiger charge is -2.17. The van der Waals surface area contributed by atoms with Gasteiger partial charge in [0.05, 0.1) is 4.90 Å². The van der Waals surface area contributed by atoms with Crippen LogP contribution in [0, 0.1) is 0 Å². The summed E-state index contributed by atoms with van der Waals surface area (Å²) in [7, 11) is -5.42. The first-order chi connectivity index (χ1) is 11.6. The molecule has 0 saturated heterocycles. The summed E-state index contributed by atoms with van der Waals surface area (Å²) in [5.74, 6) is -0.392. The van der Waals surface area contributed by atoms with E-state index < -0.39 is 26.1 Å². The number of halogens is 4. The molecular weight excluding hydrogens is 423 g/mol. The summed E-state index contributed by atoms with van der Waals surface area (Å²) in [5, 5.41) is 0. The molecule has 0 N–H and O–H groups in total. The summed E-state index contributed by atoms with van der Waals surface area (Å²) in [6, 6.07) is 9.27. The molecule has 0 bridgehead atoms. The molecule has 0 aliphatic carbocycles. The van der Waals surface area contributed by atoms with Gasteiger partial charge in [-0.3, -0.25) is 4.79 Å². The molecular formula is C16H11BrF3NO3S. The number of amides is 1. The maximum absolute atomic E-state index is 12.6. The summed E-state index contributed by atoms with van der Waals surface area (Å²) in [5.41, 5.74) is -3.53. The van der Waals surface area contributed by atoms with Gasteiger partial charge in [-0.2, -0.15) is 13.2 Å². The Morgan fingerprint density at radius 1 is 1.08 bits per heavy atom. The molecule has 0 atom stereocenters. The van der Waals surface area contributed by atoms with Crippen LogP contribution in [0.3, 0.4) is 0 Å². The zero-order chi connectivity index (χ0) is 18.4. The lowest BCUT2D eigenvalue weighted by atomic mass is 10.1. The molecule has 9 heteroatoms. The first kappa shape index (κ1) is 17.9. The number of carbonyl (C=O) groups excluding carboxylic acids is 1. The van der Waals surface area contributed by atoms with Crippen molar-refractivity contribution in [2.45, 2.75) is 16.8 Å². The van der Waals surface area contributed by atoms with Crippen LogP contribution in [0.15, 0.2) is 51.8 Å². The third-order valence-corrected chi connectivity index (χ3v) is 5.89. The van der Waals surface area contributed by atoms with Crippen LogP contribution in [0.2, 0.25) is 0 Å². The van der Waals surface area contributed by atoms with E-state index in [1.165, 1.54) is 4.90 Å². The fourth-order valence-electron chi connectivity index (χ4n) is 2.65. The molecule has 2 aromatic carbocycles. The number of anilines is 1. The first-order valence-electron chi connectivity index (χ1n) is 7.13. The molecule has 0 aromatic heterocycles. The monoisotopic (exact) mass is 433 g/mol. The second-order valence-corrected chi connectivity index (χ2v) is 8.31. The maximum atomic E-state index is 12.6. The Bertz CT molecular complexity index is 940. The molecule has 2 aromatic rings. The van der Waals surface area contributed by atoms with E-state index >= 15 is 0 Å². The molecule has 132 valence electrons. The Hall–Kier alpha value is -1.87. The van der Waals surface area contributed by atoms with Gasteiger partial charge in [-0.15, -0.1) is 0 Å². The maximum Gasteiger partial charge on any atom is 0.501 e. The Balaban J connectivity index is 1.89. The fraction of sp³-hybridized carbons (Fsp3) is 0.188. The van der Waals surface area contributed by atoms with E-state index in [0.29, 0.717) is 13.0 Å². The second kappa shape index (κ2) is 6.14.